The highest BCUT2D eigenvalue weighted by atomic mass is 35.5. The van der Waals surface area contributed by atoms with E-state index in [1.54, 1.807) is 30.5 Å². The summed E-state index contributed by atoms with van der Waals surface area (Å²) in [5, 5.41) is 11.3. The molecule has 14 heteroatoms. The smallest absolute Gasteiger partial charge is 0.421 e. The molecule has 0 amide bonds. The van der Waals surface area contributed by atoms with Crippen LogP contribution < -0.4 is 25.0 Å². The highest BCUT2D eigenvalue weighted by Gasteiger charge is 2.37. The topological polar surface area (TPSA) is 92.6 Å². The molecule has 0 fully saturated rings. The van der Waals surface area contributed by atoms with Gasteiger partial charge in [0.25, 0.3) is 0 Å². The molecule has 0 atom stereocenters. The van der Waals surface area contributed by atoms with Gasteiger partial charge in [-0.05, 0) is 51.5 Å². The highest BCUT2D eigenvalue weighted by molar-refractivity contribution is 6.31. The molecule has 224 valence electrons. The molecule has 0 radical (unpaired) electrons. The number of nitrogens with one attached hydrogen (secondary N) is 2. The van der Waals surface area contributed by atoms with E-state index in [2.05, 4.69) is 35.5 Å². The average Bonchev–Trinajstić information content (AvgIpc) is 3.31. The lowest BCUT2D eigenvalue weighted by Crippen LogP contribution is -2.28. The van der Waals surface area contributed by atoms with Crippen molar-refractivity contribution in [2.45, 2.75) is 13.1 Å². The van der Waals surface area contributed by atoms with Crippen molar-refractivity contribution < 1.29 is 22.6 Å². The molecule has 2 heterocycles. The summed E-state index contributed by atoms with van der Waals surface area (Å²) in [6.45, 7) is 3.44. The van der Waals surface area contributed by atoms with E-state index in [0.29, 0.717) is 27.4 Å². The van der Waals surface area contributed by atoms with Gasteiger partial charge >= 0.3 is 6.18 Å². The number of halogens is 4. The molecule has 4 rings (SSSR count). The number of fused-ring (bicyclic) bond motifs is 1. The molecule has 0 aliphatic carbocycles. The maximum atomic E-state index is 14.1. The van der Waals surface area contributed by atoms with Gasteiger partial charge in [0.05, 0.1) is 42.2 Å². The van der Waals surface area contributed by atoms with Crippen LogP contribution in [-0.2, 0) is 6.18 Å². The normalized spacial score (nSPS) is 11.9. The van der Waals surface area contributed by atoms with Crippen LogP contribution in [0.15, 0.2) is 48.8 Å². The lowest BCUT2D eigenvalue weighted by molar-refractivity contribution is -0.138. The quantitative estimate of drug-likeness (QED) is 0.208. The highest BCUT2D eigenvalue weighted by Crippen LogP contribution is 2.39. The van der Waals surface area contributed by atoms with Crippen LogP contribution in [0.5, 0.6) is 11.6 Å². The van der Waals surface area contributed by atoms with Crippen molar-refractivity contribution in [3.05, 3.63) is 59.4 Å². The van der Waals surface area contributed by atoms with Gasteiger partial charge in [0.15, 0.2) is 5.82 Å². The molecule has 4 aromatic rings. The fourth-order valence-corrected chi connectivity index (χ4v) is 4.37. The third-order valence-electron chi connectivity index (χ3n) is 6.34. The lowest BCUT2D eigenvalue weighted by Gasteiger charge is -2.26. The molecule has 0 spiro atoms. The number of nitrogens with zero attached hydrogens (tertiary/aromatic N) is 6. The molecular formula is C28H32ClF3N8O2. The number of aromatic nitrogens is 4. The Balaban J connectivity index is 1.82. The van der Waals surface area contributed by atoms with E-state index >= 15 is 0 Å². The van der Waals surface area contributed by atoms with Gasteiger partial charge in [-0.3, -0.25) is 0 Å². The fraction of sp³-hybridized carbons (Fsp3) is 0.321. The first-order valence-electron chi connectivity index (χ1n) is 12.9. The zero-order valence-corrected chi connectivity index (χ0v) is 24.8. The number of ether oxygens (including phenoxy) is 2. The summed E-state index contributed by atoms with van der Waals surface area (Å²) >= 11 is 6.12. The molecule has 2 N–H and O–H groups in total. The number of allylic oxidation sites excluding steroid dienone is 1. The first-order valence-corrected chi connectivity index (χ1v) is 13.2. The maximum Gasteiger partial charge on any atom is 0.421 e. The van der Waals surface area contributed by atoms with Crippen LogP contribution in [0.2, 0.25) is 5.02 Å². The minimum atomic E-state index is -4.76. The lowest BCUT2D eigenvalue weighted by atomic mass is 10.2. The summed E-state index contributed by atoms with van der Waals surface area (Å²) < 4.78 is 54.4. The van der Waals surface area contributed by atoms with Crippen molar-refractivity contribution in [1.82, 2.24) is 24.6 Å². The van der Waals surface area contributed by atoms with Crippen molar-refractivity contribution in [3.8, 4) is 17.4 Å². The number of methoxy groups -OCH3 is 2. The van der Waals surface area contributed by atoms with E-state index in [9.17, 15) is 13.2 Å². The Hall–Kier alpha value is -4.23. The molecule has 0 aliphatic rings. The van der Waals surface area contributed by atoms with Crippen LogP contribution in [0.25, 0.3) is 16.7 Å². The van der Waals surface area contributed by atoms with Crippen LogP contribution in [0.3, 0.4) is 0 Å². The monoisotopic (exact) mass is 604 g/mol. The van der Waals surface area contributed by atoms with E-state index in [1.165, 1.54) is 14.2 Å². The molecule has 0 unspecified atom stereocenters. The van der Waals surface area contributed by atoms with Gasteiger partial charge in [0.1, 0.15) is 11.3 Å². The number of hydrogen-bond acceptors (Lipinski definition) is 9. The second-order valence-electron chi connectivity index (χ2n) is 9.58. The molecule has 0 aliphatic heterocycles. The molecule has 2 aromatic carbocycles. The predicted octanol–water partition coefficient (Wildman–Crippen LogP) is 6.19. The molecule has 2 aromatic heterocycles. The van der Waals surface area contributed by atoms with Crippen molar-refractivity contribution in [2.24, 2.45) is 0 Å². The maximum absolute atomic E-state index is 14.1. The Labute approximate surface area is 246 Å². The number of hydrogen-bond donors (Lipinski definition) is 2. The van der Waals surface area contributed by atoms with Gasteiger partial charge in [0, 0.05) is 37.4 Å². The van der Waals surface area contributed by atoms with E-state index in [4.69, 9.17) is 21.1 Å². The second-order valence-corrected chi connectivity index (χ2v) is 10.0. The Bertz CT molecular complexity index is 1590. The van der Waals surface area contributed by atoms with Crippen molar-refractivity contribution in [1.29, 1.82) is 0 Å². The minimum absolute atomic E-state index is 0.0985. The van der Waals surface area contributed by atoms with Gasteiger partial charge in [-0.25, -0.2) is 9.67 Å². The zero-order valence-electron chi connectivity index (χ0n) is 24.0. The van der Waals surface area contributed by atoms with E-state index in [-0.39, 0.29) is 11.8 Å². The van der Waals surface area contributed by atoms with Gasteiger partial charge in [-0.2, -0.15) is 18.2 Å². The van der Waals surface area contributed by atoms with Crippen LogP contribution in [-0.4, -0.2) is 73.1 Å². The summed E-state index contributed by atoms with van der Waals surface area (Å²) in [6.07, 6.45) is -0.409. The zero-order chi connectivity index (χ0) is 30.6. The summed E-state index contributed by atoms with van der Waals surface area (Å²) in [4.78, 5) is 12.4. The number of benzene rings is 2. The third kappa shape index (κ3) is 6.63. The SMILES string of the molecule is CC=CNc1cc(Nc2ncc(C(F)(F)F)c(-n3nc(OC)c4cc(Cl)ccc43)n2)c(OC)cc1N(C)CCN(C)C. The van der Waals surface area contributed by atoms with E-state index in [0.717, 1.165) is 35.3 Å². The fourth-order valence-electron chi connectivity index (χ4n) is 4.20. The van der Waals surface area contributed by atoms with Crippen molar-refractivity contribution in [3.63, 3.8) is 0 Å². The van der Waals surface area contributed by atoms with Crippen molar-refractivity contribution >= 4 is 45.5 Å². The number of rotatable bonds is 11. The van der Waals surface area contributed by atoms with Crippen LogP contribution in [0.1, 0.15) is 12.5 Å². The van der Waals surface area contributed by atoms with Gasteiger partial charge < -0.3 is 29.9 Å². The van der Waals surface area contributed by atoms with Gasteiger partial charge in [0.2, 0.25) is 11.8 Å². The van der Waals surface area contributed by atoms with Crippen LogP contribution >= 0.6 is 11.6 Å². The second kappa shape index (κ2) is 12.7. The number of likely N-dealkylation sites (N-methyl/N-ethyl adjacent to an activating group) is 2. The molecule has 10 nitrogen and oxygen atoms in total. The Morgan fingerprint density at radius 2 is 1.81 bits per heavy atom. The van der Waals surface area contributed by atoms with E-state index in [1.807, 2.05) is 40.2 Å². The number of anilines is 4. The predicted molar refractivity (Wildman–Crippen MR) is 160 cm³/mol. The summed E-state index contributed by atoms with van der Waals surface area (Å²) in [5.74, 6) is -0.0387. The molecule has 42 heavy (non-hydrogen) atoms. The van der Waals surface area contributed by atoms with E-state index < -0.39 is 17.6 Å². The Kier molecular flexibility index (Phi) is 9.32. The largest absolute Gasteiger partial charge is 0.494 e. The first-order chi connectivity index (χ1) is 20.0. The van der Waals surface area contributed by atoms with Crippen molar-refractivity contribution in [2.75, 3.05) is 64.0 Å². The molecule has 0 saturated heterocycles. The van der Waals surface area contributed by atoms with Gasteiger partial charge in [-0.15, -0.1) is 5.10 Å². The Morgan fingerprint density at radius 1 is 1.05 bits per heavy atom. The standard InChI is InChI=1S/C28H32ClF3N8O2/c1-7-10-33-20-14-21(24(41-5)15-23(20)39(4)12-11-38(2)3)35-27-34-16-19(28(30,31)32)25(36-27)40-22-9-8-17(29)13-18(22)26(37-40)42-6/h7-10,13-16,33H,11-12H2,1-6H3,(H,34,35,36). The number of alkyl halides is 3. The Morgan fingerprint density at radius 3 is 2.45 bits per heavy atom. The summed E-state index contributed by atoms with van der Waals surface area (Å²) in [5.41, 5.74) is 1.29. The molecule has 0 saturated carbocycles. The average molecular weight is 605 g/mol. The molecular weight excluding hydrogens is 573 g/mol. The third-order valence-corrected chi connectivity index (χ3v) is 6.57. The van der Waals surface area contributed by atoms with Crippen LogP contribution in [0, 0.1) is 0 Å². The first kappa shape index (κ1) is 30.7. The summed E-state index contributed by atoms with van der Waals surface area (Å²) in [6, 6.07) is 8.29. The minimum Gasteiger partial charge on any atom is -0.494 e. The van der Waals surface area contributed by atoms with Crippen LogP contribution in [0.4, 0.5) is 36.2 Å². The summed E-state index contributed by atoms with van der Waals surface area (Å²) in [7, 11) is 8.84. The van der Waals surface area contributed by atoms with Gasteiger partial charge in [-0.1, -0.05) is 17.7 Å². The molecule has 0 bridgehead atoms.